The fraction of sp³-hybridized carbons (Fsp3) is 0.333. The van der Waals surface area contributed by atoms with Gasteiger partial charge in [-0.25, -0.2) is 0 Å². The molecule has 2 heteroatoms. The molecule has 0 heterocycles. The Kier molecular flexibility index (Phi) is 3.26. The Balaban J connectivity index is 2.93. The highest BCUT2D eigenvalue weighted by Gasteiger charge is 2.08. The van der Waals surface area contributed by atoms with Gasteiger partial charge in [0.2, 0.25) is 0 Å². The Bertz CT molecular complexity index is 393. The molecule has 0 saturated heterocycles. The quantitative estimate of drug-likeness (QED) is 0.709. The molecule has 70 valence electrons. The smallest absolute Gasteiger partial charge is 0.137 e. The van der Waals surface area contributed by atoms with Gasteiger partial charge >= 0.3 is 0 Å². The van der Waals surface area contributed by atoms with E-state index < -0.39 is 5.92 Å². The molecule has 0 atom stereocenters. The Hall–Kier alpha value is -1.80. The Labute approximate surface area is 84.4 Å². The zero-order chi connectivity index (χ0) is 10.6. The van der Waals surface area contributed by atoms with Crippen molar-refractivity contribution in [3.8, 4) is 12.1 Å². The van der Waals surface area contributed by atoms with Crippen molar-refractivity contribution in [2.24, 2.45) is 5.92 Å². The molecule has 14 heavy (non-hydrogen) atoms. The first-order valence-corrected chi connectivity index (χ1v) is 4.52. The van der Waals surface area contributed by atoms with Gasteiger partial charge in [0.15, 0.2) is 0 Å². The third-order valence-electron chi connectivity index (χ3n) is 2.24. The van der Waals surface area contributed by atoms with Crippen molar-refractivity contribution in [3.05, 3.63) is 34.9 Å². The summed E-state index contributed by atoms with van der Waals surface area (Å²) in [5, 5.41) is 17.4. The molecule has 0 aliphatic carbocycles. The maximum atomic E-state index is 8.68. The lowest BCUT2D eigenvalue weighted by atomic mass is 9.96. The van der Waals surface area contributed by atoms with E-state index in [1.54, 1.807) is 0 Å². The molecule has 0 radical (unpaired) electrons. The van der Waals surface area contributed by atoms with Crippen LogP contribution in [0.15, 0.2) is 18.2 Å². The number of nitrogens with zero attached hydrogens (tertiary/aromatic N) is 2. The number of aryl methyl sites for hydroxylation is 2. The van der Waals surface area contributed by atoms with Crippen LogP contribution >= 0.6 is 0 Å². The number of benzene rings is 1. The molecule has 2 nitrogen and oxygen atoms in total. The van der Waals surface area contributed by atoms with Crippen molar-refractivity contribution in [3.63, 3.8) is 0 Å². The predicted molar refractivity (Wildman–Crippen MR) is 54.3 cm³/mol. The van der Waals surface area contributed by atoms with Crippen LogP contribution in [0, 0.1) is 42.4 Å². The largest absolute Gasteiger partial charge is 0.197 e. The van der Waals surface area contributed by atoms with Gasteiger partial charge in [-0.3, -0.25) is 0 Å². The predicted octanol–water partition coefficient (Wildman–Crippen LogP) is 2.51. The van der Waals surface area contributed by atoms with Gasteiger partial charge in [0.1, 0.15) is 5.92 Å². The fourth-order valence-electron chi connectivity index (χ4n) is 1.36. The maximum absolute atomic E-state index is 8.68. The lowest BCUT2D eigenvalue weighted by molar-refractivity contribution is 0.827. The first kappa shape index (κ1) is 10.3. The summed E-state index contributed by atoms with van der Waals surface area (Å²) in [6.45, 7) is 4.01. The molecular weight excluding hydrogens is 172 g/mol. The van der Waals surface area contributed by atoms with E-state index in [0.717, 1.165) is 11.1 Å². The highest BCUT2D eigenvalue weighted by Crippen LogP contribution is 2.14. The van der Waals surface area contributed by atoms with Gasteiger partial charge in [0, 0.05) is 6.42 Å². The van der Waals surface area contributed by atoms with Crippen LogP contribution in [-0.4, -0.2) is 0 Å². The van der Waals surface area contributed by atoms with Gasteiger partial charge in [-0.15, -0.1) is 0 Å². The van der Waals surface area contributed by atoms with Crippen molar-refractivity contribution < 1.29 is 0 Å². The molecular formula is C12H12N2. The maximum Gasteiger partial charge on any atom is 0.137 e. The molecule has 0 fully saturated rings. The highest BCUT2D eigenvalue weighted by molar-refractivity contribution is 5.32. The summed E-state index contributed by atoms with van der Waals surface area (Å²) in [4.78, 5) is 0. The zero-order valence-corrected chi connectivity index (χ0v) is 8.41. The monoisotopic (exact) mass is 184 g/mol. The van der Waals surface area contributed by atoms with Gasteiger partial charge in [0.25, 0.3) is 0 Å². The molecule has 0 saturated carbocycles. The summed E-state index contributed by atoms with van der Waals surface area (Å²) in [5.41, 5.74) is 3.41. The highest BCUT2D eigenvalue weighted by atomic mass is 14.3. The van der Waals surface area contributed by atoms with Gasteiger partial charge in [0.05, 0.1) is 12.1 Å². The first-order chi connectivity index (χ1) is 6.67. The Morgan fingerprint density at radius 3 is 2.43 bits per heavy atom. The van der Waals surface area contributed by atoms with Crippen molar-refractivity contribution in [2.75, 3.05) is 0 Å². The Morgan fingerprint density at radius 2 is 1.86 bits per heavy atom. The summed E-state index contributed by atoms with van der Waals surface area (Å²) in [5.74, 6) is -0.532. The van der Waals surface area contributed by atoms with E-state index >= 15 is 0 Å². The number of rotatable bonds is 2. The minimum absolute atomic E-state index is 0.528. The van der Waals surface area contributed by atoms with E-state index in [9.17, 15) is 0 Å². The molecule has 0 aromatic heterocycles. The Morgan fingerprint density at radius 1 is 1.21 bits per heavy atom. The van der Waals surface area contributed by atoms with Crippen LogP contribution in [-0.2, 0) is 6.42 Å². The zero-order valence-electron chi connectivity index (χ0n) is 8.41. The lowest BCUT2D eigenvalue weighted by Crippen LogP contribution is -2.00. The lowest BCUT2D eigenvalue weighted by Gasteiger charge is -2.06. The van der Waals surface area contributed by atoms with Gasteiger partial charge < -0.3 is 0 Å². The van der Waals surface area contributed by atoms with Crippen LogP contribution in [0.4, 0.5) is 0 Å². The molecule has 0 amide bonds. The third kappa shape index (κ3) is 2.34. The average molecular weight is 184 g/mol. The van der Waals surface area contributed by atoms with Crippen molar-refractivity contribution in [2.45, 2.75) is 20.3 Å². The van der Waals surface area contributed by atoms with E-state index in [2.05, 4.69) is 0 Å². The number of nitriles is 2. The summed E-state index contributed by atoms with van der Waals surface area (Å²) in [6, 6.07) is 10.1. The van der Waals surface area contributed by atoms with Crippen LogP contribution < -0.4 is 0 Å². The minimum atomic E-state index is -0.532. The summed E-state index contributed by atoms with van der Waals surface area (Å²) in [7, 11) is 0. The van der Waals surface area contributed by atoms with Gasteiger partial charge in [-0.2, -0.15) is 10.5 Å². The SMILES string of the molecule is Cc1ccc(C)c(CC(C#N)C#N)c1. The first-order valence-electron chi connectivity index (χ1n) is 4.52. The molecule has 0 aliphatic rings. The molecule has 0 N–H and O–H groups in total. The molecule has 0 aliphatic heterocycles. The molecule has 0 spiro atoms. The van der Waals surface area contributed by atoms with Gasteiger partial charge in [-0.05, 0) is 25.0 Å². The molecule has 0 unspecified atom stereocenters. The second-order valence-corrected chi connectivity index (χ2v) is 3.44. The standard InChI is InChI=1S/C12H12N2/c1-9-3-4-10(2)12(5-9)6-11(7-13)8-14/h3-5,11H,6H2,1-2H3. The van der Waals surface area contributed by atoms with Gasteiger partial charge in [-0.1, -0.05) is 23.8 Å². The summed E-state index contributed by atoms with van der Waals surface area (Å²) >= 11 is 0. The third-order valence-corrected chi connectivity index (χ3v) is 2.24. The van der Waals surface area contributed by atoms with E-state index in [0.29, 0.717) is 6.42 Å². The second-order valence-electron chi connectivity index (χ2n) is 3.44. The van der Waals surface area contributed by atoms with Crippen LogP contribution in [0.5, 0.6) is 0 Å². The van der Waals surface area contributed by atoms with Crippen molar-refractivity contribution in [1.29, 1.82) is 10.5 Å². The molecule has 0 bridgehead atoms. The van der Waals surface area contributed by atoms with Crippen LogP contribution in [0.1, 0.15) is 16.7 Å². The topological polar surface area (TPSA) is 47.6 Å². The van der Waals surface area contributed by atoms with Crippen molar-refractivity contribution in [1.82, 2.24) is 0 Å². The summed E-state index contributed by atoms with van der Waals surface area (Å²) in [6.07, 6.45) is 0.528. The van der Waals surface area contributed by atoms with E-state index in [4.69, 9.17) is 10.5 Å². The van der Waals surface area contributed by atoms with Crippen LogP contribution in [0.25, 0.3) is 0 Å². The molecule has 1 aromatic carbocycles. The fourth-order valence-corrected chi connectivity index (χ4v) is 1.36. The normalized spacial score (nSPS) is 9.50. The summed E-state index contributed by atoms with van der Waals surface area (Å²) < 4.78 is 0. The van der Waals surface area contributed by atoms with E-state index in [-0.39, 0.29) is 0 Å². The second kappa shape index (κ2) is 4.44. The number of hydrogen-bond donors (Lipinski definition) is 0. The molecule has 1 aromatic rings. The molecule has 1 rings (SSSR count). The van der Waals surface area contributed by atoms with Crippen LogP contribution in [0.3, 0.4) is 0 Å². The van der Waals surface area contributed by atoms with Crippen LogP contribution in [0.2, 0.25) is 0 Å². The van der Waals surface area contributed by atoms with E-state index in [1.807, 2.05) is 44.2 Å². The minimum Gasteiger partial charge on any atom is -0.197 e. The average Bonchev–Trinajstić information content (AvgIpc) is 2.19. The van der Waals surface area contributed by atoms with E-state index in [1.165, 1.54) is 5.56 Å². The van der Waals surface area contributed by atoms with Crippen molar-refractivity contribution >= 4 is 0 Å². The number of hydrogen-bond acceptors (Lipinski definition) is 2.